The molecule has 5 nitrogen and oxygen atoms in total. The van der Waals surface area contributed by atoms with E-state index < -0.39 is 0 Å². The zero-order valence-corrected chi connectivity index (χ0v) is 11.9. The van der Waals surface area contributed by atoms with Crippen LogP contribution in [0.5, 0.6) is 11.8 Å². The predicted molar refractivity (Wildman–Crippen MR) is 73.1 cm³/mol. The first-order chi connectivity index (χ1) is 8.28. The number of anilines is 1. The molecule has 0 aliphatic carbocycles. The average molecular weight is 253 g/mol. The van der Waals surface area contributed by atoms with Crippen molar-refractivity contribution in [2.24, 2.45) is 0 Å². The molecular weight excluding hydrogens is 230 g/mol. The molecule has 0 aromatic carbocycles. The van der Waals surface area contributed by atoms with E-state index in [0.29, 0.717) is 24.1 Å². The maximum absolute atomic E-state index is 5.82. The van der Waals surface area contributed by atoms with E-state index in [0.717, 1.165) is 6.54 Å². The second-order valence-electron chi connectivity index (χ2n) is 5.41. The predicted octanol–water partition coefficient (Wildman–Crippen LogP) is 1.78. The third kappa shape index (κ3) is 5.23. The fraction of sp³-hybridized carbons (Fsp3) is 0.615. The van der Waals surface area contributed by atoms with E-state index in [-0.39, 0.29) is 5.60 Å². The molecule has 0 spiro atoms. The van der Waals surface area contributed by atoms with Gasteiger partial charge in [-0.15, -0.1) is 0 Å². The number of hydrogen-bond donors (Lipinski definition) is 1. The van der Waals surface area contributed by atoms with Crippen LogP contribution in [0.25, 0.3) is 0 Å². The van der Waals surface area contributed by atoms with Gasteiger partial charge in [-0.2, -0.15) is 4.98 Å². The maximum Gasteiger partial charge on any atom is 0.241 e. The van der Waals surface area contributed by atoms with Crippen molar-refractivity contribution in [1.82, 2.24) is 9.88 Å². The van der Waals surface area contributed by atoms with Gasteiger partial charge in [-0.25, -0.2) is 0 Å². The number of nitrogens with two attached hydrogens (primary N) is 1. The molecule has 0 bridgehead atoms. The minimum absolute atomic E-state index is 0.330. The van der Waals surface area contributed by atoms with E-state index in [1.54, 1.807) is 12.1 Å². The van der Waals surface area contributed by atoms with Crippen molar-refractivity contribution in [3.05, 3.63) is 12.1 Å². The number of nitrogens with zero attached hydrogens (tertiary/aromatic N) is 2. The molecule has 0 saturated carbocycles. The Morgan fingerprint density at radius 3 is 2.50 bits per heavy atom. The summed E-state index contributed by atoms with van der Waals surface area (Å²) in [6, 6.07) is 3.50. The highest BCUT2D eigenvalue weighted by Crippen LogP contribution is 2.25. The third-order valence-corrected chi connectivity index (χ3v) is 2.06. The fourth-order valence-electron chi connectivity index (χ4n) is 1.22. The van der Waals surface area contributed by atoms with Crippen LogP contribution in [0.3, 0.4) is 0 Å². The van der Waals surface area contributed by atoms with Gasteiger partial charge >= 0.3 is 0 Å². The van der Waals surface area contributed by atoms with Crippen LogP contribution in [0, 0.1) is 0 Å². The van der Waals surface area contributed by atoms with Crippen LogP contribution in [0.4, 0.5) is 5.69 Å². The molecule has 0 aliphatic rings. The van der Waals surface area contributed by atoms with Crippen molar-refractivity contribution in [1.29, 1.82) is 0 Å². The molecule has 1 rings (SSSR count). The summed E-state index contributed by atoms with van der Waals surface area (Å²) in [7, 11) is 3.99. The molecular formula is C13H23N3O2. The Balaban J connectivity index is 2.68. The van der Waals surface area contributed by atoms with Crippen LogP contribution >= 0.6 is 0 Å². The summed E-state index contributed by atoms with van der Waals surface area (Å²) in [6.45, 7) is 7.27. The maximum atomic E-state index is 5.82. The van der Waals surface area contributed by atoms with Gasteiger partial charge in [0.25, 0.3) is 0 Å². The number of aromatic nitrogens is 1. The Kier molecular flexibility index (Phi) is 4.78. The van der Waals surface area contributed by atoms with Crippen molar-refractivity contribution in [3.8, 4) is 11.8 Å². The van der Waals surface area contributed by atoms with Crippen LogP contribution in [-0.2, 0) is 0 Å². The molecule has 0 fully saturated rings. The minimum Gasteiger partial charge on any atom is -0.476 e. The normalized spacial score (nSPS) is 11.7. The van der Waals surface area contributed by atoms with Gasteiger partial charge in [-0.1, -0.05) is 0 Å². The summed E-state index contributed by atoms with van der Waals surface area (Å²) < 4.78 is 11.2. The third-order valence-electron chi connectivity index (χ3n) is 2.06. The molecule has 0 radical (unpaired) electrons. The van der Waals surface area contributed by atoms with E-state index in [1.807, 2.05) is 39.8 Å². The lowest BCUT2D eigenvalue weighted by Crippen LogP contribution is -2.24. The van der Waals surface area contributed by atoms with Crippen molar-refractivity contribution >= 4 is 5.69 Å². The van der Waals surface area contributed by atoms with Gasteiger partial charge in [0, 0.05) is 12.6 Å². The van der Waals surface area contributed by atoms with Gasteiger partial charge in [0.2, 0.25) is 11.8 Å². The Morgan fingerprint density at radius 2 is 1.94 bits per heavy atom. The molecule has 0 atom stereocenters. The van der Waals surface area contributed by atoms with E-state index in [1.165, 1.54) is 0 Å². The van der Waals surface area contributed by atoms with Crippen molar-refractivity contribution in [2.45, 2.75) is 26.4 Å². The van der Waals surface area contributed by atoms with Crippen LogP contribution < -0.4 is 15.2 Å². The summed E-state index contributed by atoms with van der Waals surface area (Å²) in [5, 5.41) is 0. The Bertz CT molecular complexity index is 386. The molecule has 2 N–H and O–H groups in total. The topological polar surface area (TPSA) is 60.6 Å². The SMILES string of the molecule is CN(C)CCOc1ccc(N)c(OC(C)(C)C)n1. The monoisotopic (exact) mass is 253 g/mol. The molecule has 1 aromatic heterocycles. The van der Waals surface area contributed by atoms with E-state index in [2.05, 4.69) is 4.98 Å². The van der Waals surface area contributed by atoms with Crippen LogP contribution in [0.1, 0.15) is 20.8 Å². The van der Waals surface area contributed by atoms with Gasteiger partial charge in [0.05, 0.1) is 5.69 Å². The van der Waals surface area contributed by atoms with E-state index in [9.17, 15) is 0 Å². The number of pyridine rings is 1. The molecule has 0 aliphatic heterocycles. The molecule has 1 aromatic rings. The first kappa shape index (κ1) is 14.6. The van der Waals surface area contributed by atoms with Gasteiger partial charge in [-0.3, -0.25) is 0 Å². The second kappa shape index (κ2) is 5.91. The summed E-state index contributed by atoms with van der Waals surface area (Å²) in [5.41, 5.74) is 6.01. The highest BCUT2D eigenvalue weighted by molar-refractivity contribution is 5.49. The Labute approximate surface area is 109 Å². The van der Waals surface area contributed by atoms with Crippen LogP contribution in [0.15, 0.2) is 12.1 Å². The zero-order valence-electron chi connectivity index (χ0n) is 11.9. The summed E-state index contributed by atoms with van der Waals surface area (Å²) in [4.78, 5) is 6.31. The molecule has 1 heterocycles. The molecule has 102 valence electrons. The van der Waals surface area contributed by atoms with Gasteiger partial charge in [0.1, 0.15) is 12.2 Å². The Hall–Kier alpha value is -1.49. The second-order valence-corrected chi connectivity index (χ2v) is 5.41. The first-order valence-electron chi connectivity index (χ1n) is 6.01. The number of rotatable bonds is 5. The quantitative estimate of drug-likeness (QED) is 0.866. The molecule has 5 heteroatoms. The summed E-state index contributed by atoms with van der Waals surface area (Å²) in [5.74, 6) is 0.954. The van der Waals surface area contributed by atoms with Crippen LogP contribution in [-0.4, -0.2) is 42.7 Å². The Morgan fingerprint density at radius 1 is 1.28 bits per heavy atom. The lowest BCUT2D eigenvalue weighted by molar-refractivity contribution is 0.123. The highest BCUT2D eigenvalue weighted by Gasteiger charge is 2.15. The molecule has 0 unspecified atom stereocenters. The minimum atomic E-state index is -0.330. The molecule has 0 saturated heterocycles. The standard InChI is InChI=1S/C13H23N3O2/c1-13(2,3)18-12-10(14)6-7-11(15-12)17-9-8-16(4)5/h6-7H,8-9,14H2,1-5H3. The highest BCUT2D eigenvalue weighted by atomic mass is 16.5. The van der Waals surface area contributed by atoms with Gasteiger partial charge in [-0.05, 0) is 40.9 Å². The van der Waals surface area contributed by atoms with E-state index >= 15 is 0 Å². The lowest BCUT2D eigenvalue weighted by atomic mass is 10.2. The average Bonchev–Trinajstić information content (AvgIpc) is 2.20. The number of hydrogen-bond acceptors (Lipinski definition) is 5. The largest absolute Gasteiger partial charge is 0.476 e. The van der Waals surface area contributed by atoms with Crippen molar-refractivity contribution in [2.75, 3.05) is 33.0 Å². The lowest BCUT2D eigenvalue weighted by Gasteiger charge is -2.21. The van der Waals surface area contributed by atoms with Gasteiger partial charge < -0.3 is 20.1 Å². The molecule has 18 heavy (non-hydrogen) atoms. The van der Waals surface area contributed by atoms with Crippen LogP contribution in [0.2, 0.25) is 0 Å². The van der Waals surface area contributed by atoms with E-state index in [4.69, 9.17) is 15.2 Å². The fourth-order valence-corrected chi connectivity index (χ4v) is 1.22. The van der Waals surface area contributed by atoms with Crippen molar-refractivity contribution < 1.29 is 9.47 Å². The smallest absolute Gasteiger partial charge is 0.241 e. The number of nitrogen functional groups attached to an aromatic ring is 1. The number of ether oxygens (including phenoxy) is 2. The molecule has 0 amide bonds. The first-order valence-corrected chi connectivity index (χ1v) is 6.01. The van der Waals surface area contributed by atoms with Gasteiger partial charge in [0.15, 0.2) is 0 Å². The summed E-state index contributed by atoms with van der Waals surface area (Å²) in [6.07, 6.45) is 0. The zero-order chi connectivity index (χ0) is 13.8. The number of likely N-dealkylation sites (N-methyl/N-ethyl adjacent to an activating group) is 1. The summed E-state index contributed by atoms with van der Waals surface area (Å²) >= 11 is 0. The van der Waals surface area contributed by atoms with Crippen molar-refractivity contribution in [3.63, 3.8) is 0 Å².